The predicted octanol–water partition coefficient (Wildman–Crippen LogP) is 5.27. The van der Waals surface area contributed by atoms with Crippen molar-refractivity contribution < 1.29 is 32.5 Å². The van der Waals surface area contributed by atoms with Gasteiger partial charge in [-0.1, -0.05) is 36.4 Å². The minimum Gasteiger partial charge on any atom is -0.370 e. The first-order valence-electron chi connectivity index (χ1n) is 16.6. The van der Waals surface area contributed by atoms with Crippen LogP contribution in [0.4, 0.5) is 8.78 Å². The van der Waals surface area contributed by atoms with Gasteiger partial charge in [-0.3, -0.25) is 19.2 Å². The molecule has 0 unspecified atom stereocenters. The molecule has 0 radical (unpaired) electrons. The average Bonchev–Trinajstić information content (AvgIpc) is 3.85. The molecule has 4 amide bonds. The lowest BCUT2D eigenvalue weighted by Gasteiger charge is -2.35. The molecule has 4 atom stereocenters. The smallest absolute Gasteiger partial charge is 0.322 e. The topological polar surface area (TPSA) is 164 Å². The number of alkyl halides is 2. The van der Waals surface area contributed by atoms with E-state index in [1.54, 1.807) is 11.1 Å². The molecule has 51 heavy (non-hydrogen) atoms. The fourth-order valence-electron chi connectivity index (χ4n) is 6.53. The van der Waals surface area contributed by atoms with Crippen molar-refractivity contribution in [2.45, 2.75) is 61.9 Å². The van der Waals surface area contributed by atoms with Crippen LogP contribution in [0, 0.1) is 0 Å². The molecule has 6 rings (SSSR count). The van der Waals surface area contributed by atoms with Gasteiger partial charge in [0.2, 0.25) is 17.7 Å². The molecule has 270 valence electrons. The summed E-state index contributed by atoms with van der Waals surface area (Å²) in [5, 5.41) is 10.1. The third-order valence-electron chi connectivity index (χ3n) is 9.31. The molecule has 4 heterocycles. The number of nitrogens with two attached hydrogens (primary N) is 1. The minimum atomic E-state index is -3.79. The van der Waals surface area contributed by atoms with E-state index in [0.29, 0.717) is 40.9 Å². The maximum Gasteiger partial charge on any atom is 0.322 e. The summed E-state index contributed by atoms with van der Waals surface area (Å²) in [4.78, 5) is 60.6. The highest BCUT2D eigenvalue weighted by atomic mass is 32.1. The Balaban J connectivity index is 1.19. The van der Waals surface area contributed by atoms with E-state index in [1.807, 2.05) is 30.3 Å². The van der Waals surface area contributed by atoms with Crippen molar-refractivity contribution in [1.29, 1.82) is 0 Å². The maximum atomic E-state index is 14.8. The van der Waals surface area contributed by atoms with Gasteiger partial charge in [-0.2, -0.15) is 8.78 Å². The number of aromatic nitrogens is 1. The molecule has 0 bridgehead atoms. The zero-order valence-electron chi connectivity index (χ0n) is 28.1. The lowest BCUT2D eigenvalue weighted by atomic mass is 10.1. The van der Waals surface area contributed by atoms with Gasteiger partial charge in [0, 0.05) is 35.5 Å². The van der Waals surface area contributed by atoms with Crippen molar-refractivity contribution in [2.75, 3.05) is 26.4 Å². The number of primary amides is 1. The standard InChI is InChI=1S/C35H39F2N6O5PS2/c1-49(2,48)35(36,37)22-8-12-27-21(16-22)17-28(50-27)32(46)42-25-18-39-15-14-23-9-11-26(43(23)34(25)47)31(45)41-24(10-13-30(38)44)33-40-19-29(51-33)20-6-4-3-5-7-20/h3-8,12,16-17,19,23-26,39H,9-11,13-15,18H2,1-2H3,(H2,38,44)(H,41,45)(H,42,46)/t23-,24+,25+,26+/m1/s1. The number of amides is 4. The Hall–Kier alpha value is -4.04. The molecule has 0 aliphatic carbocycles. The molecule has 4 aromatic rings. The molecule has 11 nitrogen and oxygen atoms in total. The number of thiophene rings is 1. The van der Waals surface area contributed by atoms with E-state index in [2.05, 4.69) is 20.9 Å². The molecular formula is C35H39F2N6O5PS2. The Kier molecular flexibility index (Phi) is 10.7. The number of hydrogen-bond acceptors (Lipinski definition) is 9. The Morgan fingerprint density at radius 2 is 1.86 bits per heavy atom. The Labute approximate surface area is 301 Å². The number of fused-ring (bicyclic) bond motifs is 2. The quantitative estimate of drug-likeness (QED) is 0.152. The normalized spacial score (nSPS) is 20.4. The second-order valence-electron chi connectivity index (χ2n) is 13.3. The van der Waals surface area contributed by atoms with Crippen LogP contribution in [0.3, 0.4) is 0 Å². The zero-order valence-corrected chi connectivity index (χ0v) is 30.6. The number of benzene rings is 2. The van der Waals surface area contributed by atoms with Gasteiger partial charge >= 0.3 is 5.66 Å². The highest BCUT2D eigenvalue weighted by Gasteiger charge is 2.46. The van der Waals surface area contributed by atoms with Crippen molar-refractivity contribution in [3.8, 4) is 10.4 Å². The first-order valence-corrected chi connectivity index (χ1v) is 20.9. The lowest BCUT2D eigenvalue weighted by Crippen LogP contribution is -2.60. The van der Waals surface area contributed by atoms with E-state index in [4.69, 9.17) is 5.73 Å². The Morgan fingerprint density at radius 3 is 2.59 bits per heavy atom. The molecule has 0 saturated carbocycles. The maximum absolute atomic E-state index is 14.8. The number of nitrogens with one attached hydrogen (secondary N) is 3. The van der Waals surface area contributed by atoms with Gasteiger partial charge in [-0.15, -0.1) is 22.7 Å². The molecule has 5 N–H and O–H groups in total. The third kappa shape index (κ3) is 7.91. The van der Waals surface area contributed by atoms with Gasteiger partial charge in [0.05, 0.1) is 15.8 Å². The lowest BCUT2D eigenvalue weighted by molar-refractivity contribution is -0.142. The van der Waals surface area contributed by atoms with E-state index >= 15 is 0 Å². The third-order valence-corrected chi connectivity index (χ3v) is 13.2. The number of carbonyl (C=O) groups is 4. The summed E-state index contributed by atoms with van der Waals surface area (Å²) in [5.41, 5.74) is 2.52. The van der Waals surface area contributed by atoms with Crippen LogP contribution in [0.5, 0.6) is 0 Å². The molecule has 2 fully saturated rings. The number of rotatable bonds is 11. The number of carbonyl (C=O) groups excluding carboxylic acids is 4. The first-order chi connectivity index (χ1) is 24.2. The number of hydrogen-bond donors (Lipinski definition) is 4. The highest BCUT2D eigenvalue weighted by molar-refractivity contribution is 7.63. The van der Waals surface area contributed by atoms with Crippen LogP contribution in [0.2, 0.25) is 0 Å². The largest absolute Gasteiger partial charge is 0.370 e. The molecule has 16 heteroatoms. The van der Waals surface area contributed by atoms with Crippen molar-refractivity contribution in [2.24, 2.45) is 5.73 Å². The number of halogens is 2. The number of thiazole rings is 1. The summed E-state index contributed by atoms with van der Waals surface area (Å²) in [6.45, 7) is 2.77. The van der Waals surface area contributed by atoms with Gasteiger partial charge < -0.3 is 31.1 Å². The minimum absolute atomic E-state index is 0.0282. The van der Waals surface area contributed by atoms with E-state index in [9.17, 15) is 32.5 Å². The van der Waals surface area contributed by atoms with Crippen molar-refractivity contribution in [3.63, 3.8) is 0 Å². The summed E-state index contributed by atoms with van der Waals surface area (Å²) in [7, 11) is -3.79. The Morgan fingerprint density at radius 1 is 1.10 bits per heavy atom. The summed E-state index contributed by atoms with van der Waals surface area (Å²) in [5.74, 6) is -1.85. The number of nitrogens with zero attached hydrogens (tertiary/aromatic N) is 2. The van der Waals surface area contributed by atoms with E-state index in [-0.39, 0.29) is 41.8 Å². The van der Waals surface area contributed by atoms with Crippen LogP contribution in [0.1, 0.15) is 58.4 Å². The van der Waals surface area contributed by atoms with E-state index in [1.165, 1.54) is 35.6 Å². The molecule has 2 aromatic carbocycles. The average molecular weight is 757 g/mol. The fraction of sp³-hybridized carbons (Fsp3) is 0.400. The van der Waals surface area contributed by atoms with Gasteiger partial charge in [-0.25, -0.2) is 4.98 Å². The van der Waals surface area contributed by atoms with Crippen LogP contribution < -0.4 is 21.7 Å². The SMILES string of the molecule is CP(C)(=O)C(F)(F)c1ccc2sc(C(=O)N[C@H]3CNCC[C@H]4CC[C@@H](C(=O)N[C@@H](CCC(N)=O)c5ncc(-c6ccccc6)s5)N4C3=O)cc2c1. The van der Waals surface area contributed by atoms with Gasteiger partial charge in [0.15, 0.2) is 7.14 Å². The van der Waals surface area contributed by atoms with Crippen LogP contribution in [0.15, 0.2) is 60.8 Å². The second kappa shape index (κ2) is 14.9. The summed E-state index contributed by atoms with van der Waals surface area (Å²) in [6, 6.07) is 12.5. The molecule has 2 aromatic heterocycles. The van der Waals surface area contributed by atoms with E-state index < -0.39 is 48.7 Å². The summed E-state index contributed by atoms with van der Waals surface area (Å²) < 4.78 is 42.5. The van der Waals surface area contributed by atoms with Gasteiger partial charge in [0.1, 0.15) is 17.1 Å². The summed E-state index contributed by atoms with van der Waals surface area (Å²) >= 11 is 2.50. The second-order valence-corrected chi connectivity index (χ2v) is 18.7. The predicted molar refractivity (Wildman–Crippen MR) is 194 cm³/mol. The monoisotopic (exact) mass is 756 g/mol. The van der Waals surface area contributed by atoms with E-state index in [0.717, 1.165) is 35.1 Å². The highest BCUT2D eigenvalue weighted by Crippen LogP contribution is 2.60. The van der Waals surface area contributed by atoms with Crippen LogP contribution in [0.25, 0.3) is 20.5 Å². The molecule has 2 aliphatic rings. The fourth-order valence-corrected chi connectivity index (χ4v) is 9.25. The van der Waals surface area contributed by atoms with Gasteiger partial charge in [-0.05, 0) is 74.7 Å². The molecular weight excluding hydrogens is 718 g/mol. The van der Waals surface area contributed by atoms with Crippen molar-refractivity contribution >= 4 is 63.5 Å². The van der Waals surface area contributed by atoms with Crippen molar-refractivity contribution in [3.05, 3.63) is 76.2 Å². The molecule has 0 spiro atoms. The molecule has 2 aliphatic heterocycles. The molecule has 2 saturated heterocycles. The van der Waals surface area contributed by atoms with Crippen molar-refractivity contribution in [1.82, 2.24) is 25.8 Å². The van der Waals surface area contributed by atoms with Crippen LogP contribution in [-0.4, -0.2) is 78.1 Å². The van der Waals surface area contributed by atoms with Crippen LogP contribution >= 0.6 is 29.8 Å². The van der Waals surface area contributed by atoms with Crippen LogP contribution in [-0.2, 0) is 24.6 Å². The first kappa shape index (κ1) is 36.7. The van der Waals surface area contributed by atoms with Gasteiger partial charge in [0.25, 0.3) is 5.91 Å². The summed E-state index contributed by atoms with van der Waals surface area (Å²) in [6.07, 6.45) is 3.63. The zero-order chi connectivity index (χ0) is 36.5. The Bertz CT molecular complexity index is 2000.